The molecule has 2 aliphatic rings. The molecular weight excluding hydrogens is 693 g/mol. The summed E-state index contributed by atoms with van der Waals surface area (Å²) < 4.78 is 0. The van der Waals surface area contributed by atoms with Crippen molar-refractivity contribution in [1.82, 2.24) is 15.0 Å². The van der Waals surface area contributed by atoms with Gasteiger partial charge in [0.2, 0.25) is 0 Å². The van der Waals surface area contributed by atoms with Crippen LogP contribution in [0.1, 0.15) is 48.4 Å². The molecule has 0 bridgehead atoms. The summed E-state index contributed by atoms with van der Waals surface area (Å²) in [5.41, 5.74) is 14.6. The lowest BCUT2D eigenvalue weighted by atomic mass is 9.78. The van der Waals surface area contributed by atoms with Gasteiger partial charge in [0.1, 0.15) is 0 Å². The van der Waals surface area contributed by atoms with Gasteiger partial charge in [-0.25, -0.2) is 15.0 Å². The summed E-state index contributed by atoms with van der Waals surface area (Å²) >= 11 is 0. The standard InChI is InChI=1S/C53H38N4/c1-53(2)48-20-12-11-19-46(48)47-26-25-39(32-49(47)53)40-29-34(33-54)30-41(31-40)43-28-27-42(44-17-9-10-18-45(43)44)35-21-23-38(24-22-35)52-56-50(36-13-5-3-6-14-36)55-51(57-52)37-15-7-4-8-16-37/h3-28,30-32,40H,29H2,1-2H3. The van der Waals surface area contributed by atoms with Gasteiger partial charge in [-0.1, -0.05) is 184 Å². The zero-order valence-electron chi connectivity index (χ0n) is 31.8. The zero-order valence-corrected chi connectivity index (χ0v) is 31.8. The summed E-state index contributed by atoms with van der Waals surface area (Å²) in [5, 5.41) is 12.6. The number of nitriles is 1. The van der Waals surface area contributed by atoms with Gasteiger partial charge in [-0.15, -0.1) is 0 Å². The first-order chi connectivity index (χ1) is 27.9. The summed E-state index contributed by atoms with van der Waals surface area (Å²) in [6.45, 7) is 4.64. The van der Waals surface area contributed by atoms with Crippen LogP contribution in [0.25, 0.3) is 72.8 Å². The van der Waals surface area contributed by atoms with Gasteiger partial charge in [-0.2, -0.15) is 5.26 Å². The van der Waals surface area contributed by atoms with E-state index in [-0.39, 0.29) is 11.3 Å². The molecule has 0 spiro atoms. The molecule has 270 valence electrons. The van der Waals surface area contributed by atoms with E-state index in [1.165, 1.54) is 27.8 Å². The van der Waals surface area contributed by atoms with Gasteiger partial charge >= 0.3 is 0 Å². The molecule has 1 heterocycles. The van der Waals surface area contributed by atoms with Gasteiger partial charge in [0, 0.05) is 33.6 Å². The molecular formula is C53H38N4. The predicted octanol–water partition coefficient (Wildman–Crippen LogP) is 13.0. The second-order valence-corrected chi connectivity index (χ2v) is 15.5. The molecule has 0 radical (unpaired) electrons. The third-order valence-corrected chi connectivity index (χ3v) is 11.7. The molecule has 7 aromatic carbocycles. The van der Waals surface area contributed by atoms with Crippen molar-refractivity contribution in [2.24, 2.45) is 0 Å². The Bertz CT molecular complexity index is 2890. The van der Waals surface area contributed by atoms with Crippen molar-refractivity contribution in [1.29, 1.82) is 5.26 Å². The fourth-order valence-corrected chi connectivity index (χ4v) is 8.76. The minimum absolute atomic E-state index is 0.0805. The first-order valence-corrected chi connectivity index (χ1v) is 19.5. The Morgan fingerprint density at radius 3 is 1.67 bits per heavy atom. The third kappa shape index (κ3) is 6.05. The maximum atomic E-state index is 10.3. The van der Waals surface area contributed by atoms with E-state index in [0.717, 1.165) is 55.3 Å². The molecule has 0 amide bonds. The van der Waals surface area contributed by atoms with Crippen LogP contribution in [0, 0.1) is 11.3 Å². The van der Waals surface area contributed by atoms with Crippen LogP contribution >= 0.6 is 0 Å². The van der Waals surface area contributed by atoms with E-state index < -0.39 is 0 Å². The van der Waals surface area contributed by atoms with Gasteiger partial charge in [-0.3, -0.25) is 0 Å². The molecule has 1 atom stereocenters. The lowest BCUT2D eigenvalue weighted by Gasteiger charge is -2.25. The fourth-order valence-electron chi connectivity index (χ4n) is 8.76. The first kappa shape index (κ1) is 34.3. The quantitative estimate of drug-likeness (QED) is 0.171. The van der Waals surface area contributed by atoms with Crippen LogP contribution in [0.2, 0.25) is 0 Å². The average molecular weight is 731 g/mol. The van der Waals surface area contributed by atoms with Gasteiger partial charge < -0.3 is 0 Å². The second kappa shape index (κ2) is 13.8. The topological polar surface area (TPSA) is 62.5 Å². The molecule has 57 heavy (non-hydrogen) atoms. The number of rotatable bonds is 6. The molecule has 4 heteroatoms. The maximum absolute atomic E-state index is 10.3. The molecule has 2 aliphatic carbocycles. The highest BCUT2D eigenvalue weighted by molar-refractivity contribution is 6.04. The number of nitrogens with zero attached hydrogens (tertiary/aromatic N) is 4. The number of allylic oxidation sites excluding steroid dienone is 4. The van der Waals surface area contributed by atoms with Gasteiger partial charge in [-0.05, 0) is 73.4 Å². The fraction of sp³-hybridized carbons (Fsp3) is 0.0943. The molecule has 1 aromatic heterocycles. The minimum Gasteiger partial charge on any atom is -0.208 e. The van der Waals surface area contributed by atoms with Gasteiger partial charge in [0.05, 0.1) is 6.07 Å². The molecule has 0 saturated heterocycles. The van der Waals surface area contributed by atoms with Crippen LogP contribution in [0.4, 0.5) is 0 Å². The Morgan fingerprint density at radius 2 is 1.02 bits per heavy atom. The predicted molar refractivity (Wildman–Crippen MR) is 232 cm³/mol. The van der Waals surface area contributed by atoms with Crippen molar-refractivity contribution in [3.05, 3.63) is 204 Å². The van der Waals surface area contributed by atoms with E-state index >= 15 is 0 Å². The normalized spacial score (nSPS) is 15.3. The van der Waals surface area contributed by atoms with Crippen LogP contribution < -0.4 is 0 Å². The molecule has 10 rings (SSSR count). The smallest absolute Gasteiger partial charge is 0.164 e. The Labute approximate surface area is 333 Å². The number of hydrogen-bond acceptors (Lipinski definition) is 4. The molecule has 0 aliphatic heterocycles. The minimum atomic E-state index is -0.0805. The zero-order chi connectivity index (χ0) is 38.5. The largest absolute Gasteiger partial charge is 0.208 e. The van der Waals surface area contributed by atoms with Crippen LogP contribution in [0.5, 0.6) is 0 Å². The molecule has 0 saturated carbocycles. The van der Waals surface area contributed by atoms with Gasteiger partial charge in [0.25, 0.3) is 0 Å². The van der Waals surface area contributed by atoms with E-state index in [9.17, 15) is 5.26 Å². The maximum Gasteiger partial charge on any atom is 0.164 e. The Balaban J connectivity index is 1.01. The van der Waals surface area contributed by atoms with Crippen molar-refractivity contribution in [2.75, 3.05) is 0 Å². The van der Waals surface area contributed by atoms with Gasteiger partial charge in [0.15, 0.2) is 17.5 Å². The van der Waals surface area contributed by atoms with Crippen LogP contribution in [0.3, 0.4) is 0 Å². The highest BCUT2D eigenvalue weighted by atomic mass is 15.0. The van der Waals surface area contributed by atoms with E-state index in [1.54, 1.807) is 0 Å². The summed E-state index contributed by atoms with van der Waals surface area (Å²) in [7, 11) is 0. The number of fused-ring (bicyclic) bond motifs is 4. The highest BCUT2D eigenvalue weighted by Crippen LogP contribution is 2.50. The third-order valence-electron chi connectivity index (χ3n) is 11.7. The lowest BCUT2D eigenvalue weighted by molar-refractivity contribution is 0.658. The van der Waals surface area contributed by atoms with Crippen LogP contribution in [-0.4, -0.2) is 15.0 Å². The number of aromatic nitrogens is 3. The summed E-state index contributed by atoms with van der Waals surface area (Å²) in [4.78, 5) is 14.7. The highest BCUT2D eigenvalue weighted by Gasteiger charge is 2.35. The van der Waals surface area contributed by atoms with Crippen molar-refractivity contribution < 1.29 is 0 Å². The van der Waals surface area contributed by atoms with Crippen molar-refractivity contribution in [2.45, 2.75) is 31.6 Å². The SMILES string of the molecule is CC1(C)c2ccccc2-c2ccc(C3C=C(c4ccc(-c5ccc(-c6nc(-c7ccccc7)nc(-c7ccccc7)n6)cc5)c5ccccc45)C=C(C#N)C3)cc21. The van der Waals surface area contributed by atoms with E-state index in [1.807, 2.05) is 60.7 Å². The molecule has 1 unspecified atom stereocenters. The summed E-state index contributed by atoms with van der Waals surface area (Å²) in [6.07, 6.45) is 5.15. The monoisotopic (exact) mass is 730 g/mol. The second-order valence-electron chi connectivity index (χ2n) is 15.5. The van der Waals surface area contributed by atoms with Crippen molar-refractivity contribution >= 4 is 16.3 Å². The lowest BCUT2D eigenvalue weighted by Crippen LogP contribution is -2.15. The van der Waals surface area contributed by atoms with Crippen LogP contribution in [0.15, 0.2) is 182 Å². The van der Waals surface area contributed by atoms with E-state index in [0.29, 0.717) is 23.9 Å². The Kier molecular flexibility index (Phi) is 8.31. The van der Waals surface area contributed by atoms with E-state index in [2.05, 4.69) is 135 Å². The summed E-state index contributed by atoms with van der Waals surface area (Å²) in [5.74, 6) is 2.01. The van der Waals surface area contributed by atoms with Crippen molar-refractivity contribution in [3.8, 4) is 62.5 Å². The molecule has 4 nitrogen and oxygen atoms in total. The molecule has 0 fully saturated rings. The summed E-state index contributed by atoms with van der Waals surface area (Å²) in [6, 6.07) is 59.9. The number of hydrogen-bond donors (Lipinski definition) is 0. The Hall–Kier alpha value is -7.22. The van der Waals surface area contributed by atoms with Crippen molar-refractivity contribution in [3.63, 3.8) is 0 Å². The number of benzene rings is 7. The molecule has 8 aromatic rings. The molecule has 0 N–H and O–H groups in total. The van der Waals surface area contributed by atoms with Crippen LogP contribution in [-0.2, 0) is 5.41 Å². The average Bonchev–Trinajstić information content (AvgIpc) is 3.51. The first-order valence-electron chi connectivity index (χ1n) is 19.5. The van der Waals surface area contributed by atoms with E-state index in [4.69, 9.17) is 15.0 Å². The Morgan fingerprint density at radius 1 is 0.509 bits per heavy atom.